The number of nitrogens with zero attached hydrogens (tertiary/aromatic N) is 1. The Hall–Kier alpha value is -1.91. The summed E-state index contributed by atoms with van der Waals surface area (Å²) in [7, 11) is 0. The predicted octanol–water partition coefficient (Wildman–Crippen LogP) is 3.11. The second-order valence-electron chi connectivity index (χ2n) is 2.96. The summed E-state index contributed by atoms with van der Waals surface area (Å²) in [5.41, 5.74) is 0.643. The summed E-state index contributed by atoms with van der Waals surface area (Å²) < 4.78 is 17.0. The molecule has 5 heteroatoms. The third kappa shape index (κ3) is 3.05. The molecule has 1 aromatic rings. The summed E-state index contributed by atoms with van der Waals surface area (Å²) in [6.07, 6.45) is -0.511. The fourth-order valence-electron chi connectivity index (χ4n) is 1.13. The van der Waals surface area contributed by atoms with Gasteiger partial charge >= 0.3 is 0 Å². The number of ether oxygens (including phenoxy) is 1. The van der Waals surface area contributed by atoms with Crippen LogP contribution in [0, 0.1) is 10.1 Å². The summed E-state index contributed by atoms with van der Waals surface area (Å²) in [6.45, 7) is 4.60. The summed E-state index contributed by atoms with van der Waals surface area (Å²) in [4.78, 5) is 9.86. The van der Waals surface area contributed by atoms with Crippen LogP contribution in [0.4, 0.5) is 10.1 Å². The van der Waals surface area contributed by atoms with Crippen LogP contribution in [0.2, 0.25) is 0 Å². The van der Waals surface area contributed by atoms with E-state index in [1.807, 2.05) is 0 Å². The van der Waals surface area contributed by atoms with Gasteiger partial charge in [0.1, 0.15) is 6.10 Å². The lowest BCUT2D eigenvalue weighted by atomic mass is 10.1. The van der Waals surface area contributed by atoms with Gasteiger partial charge in [0, 0.05) is 12.1 Å². The third-order valence-corrected chi connectivity index (χ3v) is 1.88. The molecule has 1 aromatic carbocycles. The number of hydrogen-bond acceptors (Lipinski definition) is 3. The number of nitro benzene ring substituents is 1. The van der Waals surface area contributed by atoms with Gasteiger partial charge < -0.3 is 4.74 Å². The molecule has 0 aromatic heterocycles. The van der Waals surface area contributed by atoms with E-state index in [1.165, 1.54) is 24.3 Å². The molecule has 15 heavy (non-hydrogen) atoms. The van der Waals surface area contributed by atoms with Crippen molar-refractivity contribution >= 4 is 5.69 Å². The molecule has 0 spiro atoms. The lowest BCUT2D eigenvalue weighted by Crippen LogP contribution is -1.97. The normalized spacial score (nSPS) is 11.9. The van der Waals surface area contributed by atoms with Crippen LogP contribution in [0.3, 0.4) is 0 Å². The first-order chi connectivity index (χ1) is 7.00. The summed E-state index contributed by atoms with van der Waals surface area (Å²) in [5, 5.41) is 10.4. The van der Waals surface area contributed by atoms with Crippen LogP contribution in [0.5, 0.6) is 0 Å². The minimum absolute atomic E-state index is 0.00924. The van der Waals surface area contributed by atoms with E-state index >= 15 is 0 Å². The summed E-state index contributed by atoms with van der Waals surface area (Å²) in [6, 6.07) is 4.85. The van der Waals surface area contributed by atoms with Gasteiger partial charge in [-0.05, 0) is 31.2 Å². The molecule has 0 radical (unpaired) electrons. The highest BCUT2D eigenvalue weighted by Gasteiger charge is 2.10. The first-order valence-electron chi connectivity index (χ1n) is 4.26. The van der Waals surface area contributed by atoms with Gasteiger partial charge in [0.15, 0.2) is 0 Å². The van der Waals surface area contributed by atoms with E-state index in [4.69, 9.17) is 4.74 Å². The van der Waals surface area contributed by atoms with Gasteiger partial charge in [-0.15, -0.1) is 0 Å². The predicted molar refractivity (Wildman–Crippen MR) is 52.8 cm³/mol. The van der Waals surface area contributed by atoms with Gasteiger partial charge in [-0.1, -0.05) is 0 Å². The molecule has 1 atom stereocenters. The molecule has 0 fully saturated rings. The zero-order valence-electron chi connectivity index (χ0n) is 8.14. The number of benzene rings is 1. The SMILES string of the molecule is C=C(F)OC(C)c1ccc([N+](=O)[O-])cc1. The molecule has 0 aliphatic heterocycles. The number of nitro groups is 1. The smallest absolute Gasteiger partial charge is 0.269 e. The molecule has 0 saturated heterocycles. The van der Waals surface area contributed by atoms with E-state index in [1.54, 1.807) is 6.92 Å². The lowest BCUT2D eigenvalue weighted by Gasteiger charge is -2.11. The van der Waals surface area contributed by atoms with Crippen LogP contribution in [-0.4, -0.2) is 4.92 Å². The maximum atomic E-state index is 12.3. The second-order valence-corrected chi connectivity index (χ2v) is 2.96. The highest BCUT2D eigenvalue weighted by atomic mass is 19.1. The van der Waals surface area contributed by atoms with Crippen LogP contribution in [0.25, 0.3) is 0 Å². The van der Waals surface area contributed by atoms with E-state index in [2.05, 4.69) is 6.58 Å². The van der Waals surface area contributed by atoms with Crippen molar-refractivity contribution in [1.82, 2.24) is 0 Å². The van der Waals surface area contributed by atoms with Crippen LogP contribution in [0.15, 0.2) is 36.9 Å². The monoisotopic (exact) mass is 211 g/mol. The van der Waals surface area contributed by atoms with E-state index in [0.717, 1.165) is 0 Å². The van der Waals surface area contributed by atoms with E-state index < -0.39 is 17.0 Å². The van der Waals surface area contributed by atoms with Crippen LogP contribution in [-0.2, 0) is 4.74 Å². The molecule has 1 rings (SSSR count). The molecule has 0 amide bonds. The Labute approximate surface area is 86.1 Å². The van der Waals surface area contributed by atoms with Crippen molar-refractivity contribution in [3.8, 4) is 0 Å². The van der Waals surface area contributed by atoms with Gasteiger partial charge in [0.25, 0.3) is 11.7 Å². The third-order valence-electron chi connectivity index (χ3n) is 1.88. The van der Waals surface area contributed by atoms with Gasteiger partial charge in [-0.3, -0.25) is 10.1 Å². The molecule has 0 aliphatic carbocycles. The first kappa shape index (κ1) is 11.2. The molecule has 0 heterocycles. The Kier molecular flexibility index (Phi) is 3.38. The Morgan fingerprint density at radius 1 is 1.53 bits per heavy atom. The molecule has 0 saturated carbocycles. The average Bonchev–Trinajstić information content (AvgIpc) is 2.17. The zero-order chi connectivity index (χ0) is 11.4. The Bertz CT molecular complexity index is 375. The highest BCUT2D eigenvalue weighted by molar-refractivity contribution is 5.33. The van der Waals surface area contributed by atoms with Crippen molar-refractivity contribution in [3.05, 3.63) is 52.5 Å². The van der Waals surface area contributed by atoms with Crippen LogP contribution < -0.4 is 0 Å². The number of rotatable bonds is 4. The van der Waals surface area contributed by atoms with E-state index in [0.29, 0.717) is 5.56 Å². The zero-order valence-corrected chi connectivity index (χ0v) is 8.14. The fourth-order valence-corrected chi connectivity index (χ4v) is 1.13. The first-order valence-corrected chi connectivity index (χ1v) is 4.26. The maximum absolute atomic E-state index is 12.3. The average molecular weight is 211 g/mol. The van der Waals surface area contributed by atoms with Crippen LogP contribution >= 0.6 is 0 Å². The molecule has 80 valence electrons. The van der Waals surface area contributed by atoms with Gasteiger partial charge in [-0.25, -0.2) is 0 Å². The van der Waals surface area contributed by atoms with Gasteiger partial charge in [0.05, 0.1) is 4.92 Å². The van der Waals surface area contributed by atoms with Crippen molar-refractivity contribution in [3.63, 3.8) is 0 Å². The Balaban J connectivity index is 2.79. The topological polar surface area (TPSA) is 52.4 Å². The van der Waals surface area contributed by atoms with Gasteiger partial charge in [-0.2, -0.15) is 4.39 Å². The van der Waals surface area contributed by atoms with Crippen molar-refractivity contribution in [2.45, 2.75) is 13.0 Å². The largest absolute Gasteiger partial charge is 0.463 e. The van der Waals surface area contributed by atoms with Crippen molar-refractivity contribution in [1.29, 1.82) is 0 Å². The second kappa shape index (κ2) is 4.54. The maximum Gasteiger partial charge on any atom is 0.269 e. The lowest BCUT2D eigenvalue weighted by molar-refractivity contribution is -0.384. The van der Waals surface area contributed by atoms with E-state index in [-0.39, 0.29) is 5.69 Å². The number of halogens is 1. The summed E-state index contributed by atoms with van der Waals surface area (Å²) >= 11 is 0. The number of non-ortho nitro benzene ring substituents is 1. The molecule has 0 N–H and O–H groups in total. The molecule has 0 bridgehead atoms. The molecule has 0 aliphatic rings. The quantitative estimate of drug-likeness (QED) is 0.436. The van der Waals surface area contributed by atoms with Crippen LogP contribution in [0.1, 0.15) is 18.6 Å². The highest BCUT2D eigenvalue weighted by Crippen LogP contribution is 2.22. The number of hydrogen-bond donors (Lipinski definition) is 0. The van der Waals surface area contributed by atoms with Crippen molar-refractivity contribution < 1.29 is 14.1 Å². The standard InChI is InChI=1S/C10H10FNO3/c1-7(15-8(2)11)9-3-5-10(6-4-9)12(13)14/h3-7H,2H2,1H3. The molecule has 1 unspecified atom stereocenters. The van der Waals surface area contributed by atoms with Crippen molar-refractivity contribution in [2.24, 2.45) is 0 Å². The van der Waals surface area contributed by atoms with Crippen molar-refractivity contribution in [2.75, 3.05) is 0 Å². The summed E-state index contributed by atoms with van der Waals surface area (Å²) in [5.74, 6) is 0. The Morgan fingerprint density at radius 3 is 2.47 bits per heavy atom. The Morgan fingerprint density at radius 2 is 2.07 bits per heavy atom. The minimum atomic E-state index is -0.874. The molecule has 4 nitrogen and oxygen atoms in total. The molecular weight excluding hydrogens is 201 g/mol. The fraction of sp³-hybridized carbons (Fsp3) is 0.200. The minimum Gasteiger partial charge on any atom is -0.463 e. The van der Waals surface area contributed by atoms with E-state index in [9.17, 15) is 14.5 Å². The van der Waals surface area contributed by atoms with Gasteiger partial charge in [0.2, 0.25) is 0 Å². The molecular formula is C10H10FNO3.